The number of ether oxygens (including phenoxy) is 2. The maximum Gasteiger partial charge on any atom is 0.189 e. The third-order valence-electron chi connectivity index (χ3n) is 5.22. The molecule has 4 rings (SSSR count). The van der Waals surface area contributed by atoms with Crippen molar-refractivity contribution in [1.29, 1.82) is 0 Å². The van der Waals surface area contributed by atoms with Gasteiger partial charge in [0.25, 0.3) is 0 Å². The zero-order valence-electron chi connectivity index (χ0n) is 16.7. The number of aryl methyl sites for hydroxylation is 1. The fourth-order valence-electron chi connectivity index (χ4n) is 3.74. The fraction of sp³-hybridized carbons (Fsp3) is 0.524. The second-order valence-corrected chi connectivity index (χ2v) is 7.81. The minimum Gasteiger partial charge on any atom is -0.467 e. The van der Waals surface area contributed by atoms with E-state index in [1.165, 1.54) is 6.07 Å². The largest absolute Gasteiger partial charge is 0.467 e. The Labute approximate surface area is 165 Å². The van der Waals surface area contributed by atoms with E-state index in [4.69, 9.17) is 14.5 Å². The molecule has 28 heavy (non-hydrogen) atoms. The summed E-state index contributed by atoms with van der Waals surface area (Å²) in [4.78, 5) is 13.9. The number of rotatable bonds is 4. The molecule has 0 aliphatic carbocycles. The zero-order chi connectivity index (χ0) is 19.7. The highest BCUT2D eigenvalue weighted by Crippen LogP contribution is 2.30. The molecule has 1 saturated heterocycles. The molecule has 0 saturated carbocycles. The second-order valence-electron chi connectivity index (χ2n) is 7.81. The lowest BCUT2D eigenvalue weighted by Gasteiger charge is -2.36. The average Bonchev–Trinajstić information content (AvgIpc) is 2.68. The standard InChI is InChI=1S/C21H27FN4O2/c1-14(2)21-23-15(3)8-19(24-21)26-6-4-25(5-7-26)11-16-9-18(22)10-17-12-27-13-28-20(16)17/h8-10,14H,4-7,11-13H2,1-3H3. The van der Waals surface area contributed by atoms with Gasteiger partial charge in [-0.2, -0.15) is 0 Å². The van der Waals surface area contributed by atoms with Crippen molar-refractivity contribution >= 4 is 5.82 Å². The van der Waals surface area contributed by atoms with E-state index >= 15 is 0 Å². The van der Waals surface area contributed by atoms with E-state index in [0.717, 1.165) is 60.4 Å². The summed E-state index contributed by atoms with van der Waals surface area (Å²) in [5.74, 6) is 2.74. The minimum atomic E-state index is -0.237. The lowest BCUT2D eigenvalue weighted by Crippen LogP contribution is -2.46. The van der Waals surface area contributed by atoms with Gasteiger partial charge < -0.3 is 14.4 Å². The first-order valence-corrected chi connectivity index (χ1v) is 9.84. The van der Waals surface area contributed by atoms with E-state index in [1.54, 1.807) is 6.07 Å². The Hall–Kier alpha value is -2.25. The van der Waals surface area contributed by atoms with E-state index in [1.807, 2.05) is 6.92 Å². The van der Waals surface area contributed by atoms with Crippen LogP contribution in [0.5, 0.6) is 5.75 Å². The van der Waals surface area contributed by atoms with Gasteiger partial charge in [0.05, 0.1) is 6.61 Å². The van der Waals surface area contributed by atoms with E-state index in [2.05, 4.69) is 34.7 Å². The fourth-order valence-corrected chi connectivity index (χ4v) is 3.74. The van der Waals surface area contributed by atoms with Gasteiger partial charge >= 0.3 is 0 Å². The van der Waals surface area contributed by atoms with Crippen LogP contribution in [0.25, 0.3) is 0 Å². The van der Waals surface area contributed by atoms with Crippen LogP contribution < -0.4 is 9.64 Å². The molecular weight excluding hydrogens is 359 g/mol. The van der Waals surface area contributed by atoms with Crippen molar-refractivity contribution in [1.82, 2.24) is 14.9 Å². The van der Waals surface area contributed by atoms with Crippen LogP contribution in [0.2, 0.25) is 0 Å². The van der Waals surface area contributed by atoms with E-state index in [-0.39, 0.29) is 12.6 Å². The topological polar surface area (TPSA) is 50.7 Å². The summed E-state index contributed by atoms with van der Waals surface area (Å²) in [7, 11) is 0. The number of halogens is 1. The van der Waals surface area contributed by atoms with Crippen LogP contribution in [-0.4, -0.2) is 47.8 Å². The molecule has 0 N–H and O–H groups in total. The number of anilines is 1. The molecule has 2 aliphatic heterocycles. The second kappa shape index (κ2) is 8.01. The highest BCUT2D eigenvalue weighted by Gasteiger charge is 2.23. The summed E-state index contributed by atoms with van der Waals surface area (Å²) in [5, 5.41) is 0. The SMILES string of the molecule is Cc1cc(N2CCN(Cc3cc(F)cc4c3OCOC4)CC2)nc(C(C)C)n1. The smallest absolute Gasteiger partial charge is 0.189 e. The van der Waals surface area contributed by atoms with Crippen LogP contribution in [0, 0.1) is 12.7 Å². The monoisotopic (exact) mass is 386 g/mol. The molecular formula is C21H27FN4O2. The van der Waals surface area contributed by atoms with Crippen molar-refractivity contribution in [2.45, 2.75) is 39.8 Å². The molecule has 0 radical (unpaired) electrons. The van der Waals surface area contributed by atoms with Crippen LogP contribution in [0.3, 0.4) is 0 Å². The Balaban J connectivity index is 1.44. The summed E-state index contributed by atoms with van der Waals surface area (Å²) in [6.07, 6.45) is 0. The van der Waals surface area contributed by atoms with Crippen molar-refractivity contribution in [3.8, 4) is 5.75 Å². The predicted molar refractivity (Wildman–Crippen MR) is 105 cm³/mol. The van der Waals surface area contributed by atoms with E-state index in [9.17, 15) is 4.39 Å². The molecule has 0 unspecified atom stereocenters. The molecule has 0 bridgehead atoms. The minimum absolute atomic E-state index is 0.227. The molecule has 2 aliphatic rings. The van der Waals surface area contributed by atoms with Crippen LogP contribution >= 0.6 is 0 Å². The average molecular weight is 386 g/mol. The molecule has 1 aromatic heterocycles. The number of fused-ring (bicyclic) bond motifs is 1. The van der Waals surface area contributed by atoms with Gasteiger partial charge in [-0.3, -0.25) is 4.90 Å². The Bertz CT molecular complexity index is 851. The number of nitrogens with zero attached hydrogens (tertiary/aromatic N) is 4. The van der Waals surface area contributed by atoms with Gasteiger partial charge in [-0.15, -0.1) is 0 Å². The summed E-state index contributed by atoms with van der Waals surface area (Å²) >= 11 is 0. The van der Waals surface area contributed by atoms with Gasteiger partial charge in [-0.05, 0) is 19.1 Å². The van der Waals surface area contributed by atoms with Crippen molar-refractivity contribution in [3.05, 3.63) is 46.7 Å². The Morgan fingerprint density at radius 2 is 1.89 bits per heavy atom. The first-order valence-electron chi connectivity index (χ1n) is 9.84. The molecule has 2 aromatic rings. The van der Waals surface area contributed by atoms with Gasteiger partial charge in [-0.25, -0.2) is 14.4 Å². The highest BCUT2D eigenvalue weighted by molar-refractivity contribution is 5.43. The molecule has 0 spiro atoms. The van der Waals surface area contributed by atoms with Crippen molar-refractivity contribution in [2.24, 2.45) is 0 Å². The predicted octanol–water partition coefficient (Wildman–Crippen LogP) is 3.24. The summed E-state index contributed by atoms with van der Waals surface area (Å²) < 4.78 is 24.9. The quantitative estimate of drug-likeness (QED) is 0.804. The molecule has 6 nitrogen and oxygen atoms in total. The summed E-state index contributed by atoms with van der Waals surface area (Å²) in [6.45, 7) is 11.1. The van der Waals surface area contributed by atoms with Crippen LogP contribution in [-0.2, 0) is 17.9 Å². The summed E-state index contributed by atoms with van der Waals surface area (Å²) in [6, 6.07) is 5.14. The maximum absolute atomic E-state index is 14.0. The normalized spacial score (nSPS) is 17.5. The third kappa shape index (κ3) is 4.10. The Morgan fingerprint density at radius 1 is 1.11 bits per heavy atom. The van der Waals surface area contributed by atoms with E-state index in [0.29, 0.717) is 19.1 Å². The maximum atomic E-state index is 14.0. The molecule has 1 fully saturated rings. The third-order valence-corrected chi connectivity index (χ3v) is 5.22. The number of benzene rings is 1. The molecule has 1 aromatic carbocycles. The summed E-state index contributed by atoms with van der Waals surface area (Å²) in [5.41, 5.74) is 2.69. The van der Waals surface area contributed by atoms with Crippen molar-refractivity contribution in [3.63, 3.8) is 0 Å². The molecule has 7 heteroatoms. The number of aromatic nitrogens is 2. The lowest BCUT2D eigenvalue weighted by molar-refractivity contribution is -0.0177. The van der Waals surface area contributed by atoms with Gasteiger partial charge in [-0.1, -0.05) is 13.8 Å². The highest BCUT2D eigenvalue weighted by atomic mass is 19.1. The lowest BCUT2D eigenvalue weighted by atomic mass is 10.1. The molecule has 0 amide bonds. The van der Waals surface area contributed by atoms with Crippen LogP contribution in [0.1, 0.15) is 42.4 Å². The Morgan fingerprint density at radius 3 is 2.64 bits per heavy atom. The first-order chi connectivity index (χ1) is 13.5. The van der Waals surface area contributed by atoms with Crippen LogP contribution in [0.4, 0.5) is 10.2 Å². The van der Waals surface area contributed by atoms with E-state index < -0.39 is 0 Å². The Kier molecular flexibility index (Phi) is 5.46. The van der Waals surface area contributed by atoms with Gasteiger partial charge in [0.2, 0.25) is 0 Å². The number of hydrogen-bond acceptors (Lipinski definition) is 6. The number of hydrogen-bond donors (Lipinski definition) is 0. The number of piperazine rings is 1. The van der Waals surface area contributed by atoms with Gasteiger partial charge in [0.15, 0.2) is 6.79 Å². The molecule has 150 valence electrons. The zero-order valence-corrected chi connectivity index (χ0v) is 16.7. The van der Waals surface area contributed by atoms with Crippen molar-refractivity contribution < 1.29 is 13.9 Å². The molecule has 3 heterocycles. The van der Waals surface area contributed by atoms with Crippen molar-refractivity contribution in [2.75, 3.05) is 37.9 Å². The van der Waals surface area contributed by atoms with Crippen LogP contribution in [0.15, 0.2) is 18.2 Å². The molecule has 0 atom stereocenters. The van der Waals surface area contributed by atoms with Gasteiger partial charge in [0, 0.05) is 61.5 Å². The first kappa shape index (κ1) is 19.1. The van der Waals surface area contributed by atoms with Gasteiger partial charge in [0.1, 0.15) is 23.2 Å².